The zero-order chi connectivity index (χ0) is 15.7. The third kappa shape index (κ3) is 4.21. The largest absolute Gasteiger partial charge is 0.381 e. The SMILES string of the molecule is Cc1nn(C)c(CC2(CNC(C)(C)C)CCCOC2)c1Cl. The molecule has 1 fully saturated rings. The third-order valence-electron chi connectivity index (χ3n) is 4.20. The van der Waals surface area contributed by atoms with Gasteiger partial charge in [-0.3, -0.25) is 4.68 Å². The molecule has 120 valence electrons. The first-order valence-electron chi connectivity index (χ1n) is 7.73. The molecule has 1 unspecified atom stereocenters. The van der Waals surface area contributed by atoms with Crippen molar-refractivity contribution in [3.05, 3.63) is 16.4 Å². The fourth-order valence-corrected chi connectivity index (χ4v) is 3.16. The third-order valence-corrected chi connectivity index (χ3v) is 4.69. The van der Waals surface area contributed by atoms with Gasteiger partial charge in [-0.25, -0.2) is 0 Å². The van der Waals surface area contributed by atoms with Crippen molar-refractivity contribution in [2.45, 2.75) is 52.5 Å². The summed E-state index contributed by atoms with van der Waals surface area (Å²) in [6, 6.07) is 0. The maximum absolute atomic E-state index is 6.44. The maximum atomic E-state index is 6.44. The molecule has 0 amide bonds. The highest BCUT2D eigenvalue weighted by molar-refractivity contribution is 6.31. The van der Waals surface area contributed by atoms with E-state index in [0.29, 0.717) is 0 Å². The Bertz CT molecular complexity index is 484. The molecular formula is C16H28ClN3O. The summed E-state index contributed by atoms with van der Waals surface area (Å²) >= 11 is 6.44. The summed E-state index contributed by atoms with van der Waals surface area (Å²) in [4.78, 5) is 0. The Balaban J connectivity index is 2.19. The van der Waals surface area contributed by atoms with Gasteiger partial charge in [-0.1, -0.05) is 11.6 Å². The van der Waals surface area contributed by atoms with Crippen molar-refractivity contribution in [3.63, 3.8) is 0 Å². The van der Waals surface area contributed by atoms with Crippen molar-refractivity contribution < 1.29 is 4.74 Å². The molecule has 1 aliphatic heterocycles. The Morgan fingerprint density at radius 1 is 1.43 bits per heavy atom. The van der Waals surface area contributed by atoms with Crippen molar-refractivity contribution in [1.29, 1.82) is 0 Å². The molecule has 1 aromatic rings. The summed E-state index contributed by atoms with van der Waals surface area (Å²) in [6.45, 7) is 11.2. The van der Waals surface area contributed by atoms with Gasteiger partial charge in [0.1, 0.15) is 0 Å². The van der Waals surface area contributed by atoms with Crippen molar-refractivity contribution in [2.24, 2.45) is 12.5 Å². The molecule has 0 radical (unpaired) electrons. The molecule has 1 N–H and O–H groups in total. The van der Waals surface area contributed by atoms with Gasteiger partial charge in [0, 0.05) is 31.2 Å². The van der Waals surface area contributed by atoms with Crippen LogP contribution in [0.3, 0.4) is 0 Å². The first kappa shape index (κ1) is 16.8. The number of rotatable bonds is 4. The highest BCUT2D eigenvalue weighted by atomic mass is 35.5. The monoisotopic (exact) mass is 313 g/mol. The van der Waals surface area contributed by atoms with E-state index >= 15 is 0 Å². The Hall–Kier alpha value is -0.580. The van der Waals surface area contributed by atoms with E-state index in [-0.39, 0.29) is 11.0 Å². The van der Waals surface area contributed by atoms with Crippen LogP contribution in [0.25, 0.3) is 0 Å². The molecule has 2 heterocycles. The van der Waals surface area contributed by atoms with Crippen LogP contribution in [0, 0.1) is 12.3 Å². The van der Waals surface area contributed by atoms with Crippen molar-refractivity contribution in [2.75, 3.05) is 19.8 Å². The molecule has 5 heteroatoms. The van der Waals surface area contributed by atoms with Gasteiger partial charge in [-0.15, -0.1) is 0 Å². The van der Waals surface area contributed by atoms with Gasteiger partial charge < -0.3 is 10.1 Å². The highest BCUT2D eigenvalue weighted by Crippen LogP contribution is 2.35. The number of hydrogen-bond acceptors (Lipinski definition) is 3. The molecule has 0 aromatic carbocycles. The Kier molecular flexibility index (Phi) is 5.01. The second kappa shape index (κ2) is 6.27. The van der Waals surface area contributed by atoms with Crippen LogP contribution in [0.5, 0.6) is 0 Å². The number of aromatic nitrogens is 2. The van der Waals surface area contributed by atoms with E-state index in [2.05, 4.69) is 31.2 Å². The lowest BCUT2D eigenvalue weighted by atomic mass is 9.77. The number of ether oxygens (including phenoxy) is 1. The number of hydrogen-bond donors (Lipinski definition) is 1. The second-order valence-electron chi connectivity index (χ2n) is 7.41. The van der Waals surface area contributed by atoms with Gasteiger partial charge >= 0.3 is 0 Å². The van der Waals surface area contributed by atoms with Crippen LogP contribution < -0.4 is 5.32 Å². The first-order chi connectivity index (χ1) is 9.72. The summed E-state index contributed by atoms with van der Waals surface area (Å²) in [5.74, 6) is 0. The molecule has 1 aliphatic rings. The van der Waals surface area contributed by atoms with E-state index in [0.717, 1.165) is 55.4 Å². The van der Waals surface area contributed by atoms with E-state index in [1.807, 2.05) is 18.7 Å². The fourth-order valence-electron chi connectivity index (χ4n) is 2.93. The maximum Gasteiger partial charge on any atom is 0.0847 e. The molecule has 4 nitrogen and oxygen atoms in total. The van der Waals surface area contributed by atoms with Crippen LogP contribution in [-0.2, 0) is 18.2 Å². The predicted octanol–water partition coefficient (Wildman–Crippen LogP) is 3.11. The lowest BCUT2D eigenvalue weighted by Gasteiger charge is -2.39. The highest BCUT2D eigenvalue weighted by Gasteiger charge is 2.36. The van der Waals surface area contributed by atoms with Gasteiger partial charge in [-0.05, 0) is 47.0 Å². The standard InChI is InChI=1S/C16H28ClN3O/c1-12-14(17)13(20(5)19-12)9-16(7-6-8-21-11-16)10-18-15(2,3)4/h18H,6-11H2,1-5H3. The minimum absolute atomic E-state index is 0.107. The Morgan fingerprint density at radius 2 is 2.14 bits per heavy atom. The van der Waals surface area contributed by atoms with Gasteiger partial charge in [0.05, 0.1) is 23.0 Å². The molecule has 1 aromatic heterocycles. The van der Waals surface area contributed by atoms with Gasteiger partial charge in [-0.2, -0.15) is 5.10 Å². The van der Waals surface area contributed by atoms with Crippen LogP contribution >= 0.6 is 11.6 Å². The Morgan fingerprint density at radius 3 is 2.62 bits per heavy atom. The van der Waals surface area contributed by atoms with Crippen molar-refractivity contribution >= 4 is 11.6 Å². The quantitative estimate of drug-likeness (QED) is 0.928. The van der Waals surface area contributed by atoms with E-state index in [1.54, 1.807) is 0 Å². The minimum atomic E-state index is 0.107. The zero-order valence-electron chi connectivity index (χ0n) is 13.9. The predicted molar refractivity (Wildman–Crippen MR) is 86.9 cm³/mol. The topological polar surface area (TPSA) is 39.1 Å². The summed E-state index contributed by atoms with van der Waals surface area (Å²) in [5.41, 5.74) is 2.24. The fraction of sp³-hybridized carbons (Fsp3) is 0.812. The number of aryl methyl sites for hydroxylation is 2. The average molecular weight is 314 g/mol. The Labute approximate surface area is 133 Å². The normalized spacial score (nSPS) is 23.5. The van der Waals surface area contributed by atoms with Crippen LogP contribution in [0.2, 0.25) is 5.02 Å². The van der Waals surface area contributed by atoms with E-state index in [1.165, 1.54) is 0 Å². The zero-order valence-corrected chi connectivity index (χ0v) is 14.7. The summed E-state index contributed by atoms with van der Waals surface area (Å²) in [7, 11) is 1.97. The van der Waals surface area contributed by atoms with Crippen molar-refractivity contribution in [3.8, 4) is 0 Å². The lowest BCUT2D eigenvalue weighted by molar-refractivity contribution is -0.0108. The van der Waals surface area contributed by atoms with Crippen LogP contribution in [-0.4, -0.2) is 35.1 Å². The molecule has 0 saturated carbocycles. The second-order valence-corrected chi connectivity index (χ2v) is 7.78. The first-order valence-corrected chi connectivity index (χ1v) is 8.11. The molecule has 1 saturated heterocycles. The van der Waals surface area contributed by atoms with Crippen molar-refractivity contribution in [1.82, 2.24) is 15.1 Å². The minimum Gasteiger partial charge on any atom is -0.381 e. The summed E-state index contributed by atoms with van der Waals surface area (Å²) < 4.78 is 7.72. The van der Waals surface area contributed by atoms with Gasteiger partial charge in [0.15, 0.2) is 0 Å². The molecule has 21 heavy (non-hydrogen) atoms. The van der Waals surface area contributed by atoms with Crippen LogP contribution in [0.15, 0.2) is 0 Å². The van der Waals surface area contributed by atoms with E-state index in [9.17, 15) is 0 Å². The molecule has 2 rings (SSSR count). The average Bonchev–Trinajstić information content (AvgIpc) is 2.64. The summed E-state index contributed by atoms with van der Waals surface area (Å²) in [5, 5.41) is 8.89. The van der Waals surface area contributed by atoms with Crippen LogP contribution in [0.1, 0.15) is 45.0 Å². The number of halogens is 1. The lowest BCUT2D eigenvalue weighted by Crippen LogP contribution is -2.48. The van der Waals surface area contributed by atoms with E-state index in [4.69, 9.17) is 16.3 Å². The number of nitrogens with one attached hydrogen (secondary N) is 1. The number of nitrogens with zero attached hydrogens (tertiary/aromatic N) is 2. The van der Waals surface area contributed by atoms with Gasteiger partial charge in [0.25, 0.3) is 0 Å². The smallest absolute Gasteiger partial charge is 0.0847 e. The molecule has 0 spiro atoms. The van der Waals surface area contributed by atoms with E-state index < -0.39 is 0 Å². The van der Waals surface area contributed by atoms with Crippen LogP contribution in [0.4, 0.5) is 0 Å². The molecule has 0 bridgehead atoms. The summed E-state index contributed by atoms with van der Waals surface area (Å²) in [6.07, 6.45) is 3.18. The molecule has 0 aliphatic carbocycles. The molecule has 1 atom stereocenters. The molecular weight excluding hydrogens is 286 g/mol. The van der Waals surface area contributed by atoms with Gasteiger partial charge in [0.2, 0.25) is 0 Å².